The Morgan fingerprint density at radius 3 is 3.13 bits per heavy atom. The molecule has 15 heavy (non-hydrogen) atoms. The van der Waals surface area contributed by atoms with E-state index >= 15 is 0 Å². The van der Waals surface area contributed by atoms with Gasteiger partial charge in [0.05, 0.1) is 0 Å². The van der Waals surface area contributed by atoms with E-state index in [1.165, 1.54) is 22.7 Å². The number of nitrogens with two attached hydrogens (primary N) is 1. The van der Waals surface area contributed by atoms with E-state index in [2.05, 4.69) is 21.5 Å². The third-order valence-electron chi connectivity index (χ3n) is 2.92. The van der Waals surface area contributed by atoms with Crippen molar-refractivity contribution in [2.24, 2.45) is 5.73 Å². The Hall–Kier alpha value is -1.26. The lowest BCUT2D eigenvalue weighted by atomic mass is 10.0. The smallest absolute Gasteiger partial charge is 0.173 e. The molecule has 0 amide bonds. The maximum Gasteiger partial charge on any atom is 0.173 e. The zero-order chi connectivity index (χ0) is 10.3. The van der Waals surface area contributed by atoms with Gasteiger partial charge in [-0.05, 0) is 35.5 Å². The summed E-state index contributed by atoms with van der Waals surface area (Å²) in [6.45, 7) is 0. The minimum absolute atomic E-state index is 0.193. The fourth-order valence-corrected chi connectivity index (χ4v) is 2.62. The van der Waals surface area contributed by atoms with Crippen molar-refractivity contribution in [1.29, 1.82) is 0 Å². The van der Waals surface area contributed by atoms with Gasteiger partial charge in [-0.2, -0.15) is 4.37 Å². The number of nitrogens with zero attached hydrogens (tertiary/aromatic N) is 2. The molecule has 0 spiro atoms. The van der Waals surface area contributed by atoms with E-state index in [0.717, 1.165) is 24.2 Å². The highest BCUT2D eigenvalue weighted by molar-refractivity contribution is 7.03. The lowest BCUT2D eigenvalue weighted by Gasteiger charge is -2.06. The van der Waals surface area contributed by atoms with Gasteiger partial charge < -0.3 is 5.73 Å². The number of benzene rings is 1. The molecule has 0 aliphatic heterocycles. The third kappa shape index (κ3) is 1.37. The first kappa shape index (κ1) is 9.00. The van der Waals surface area contributed by atoms with Crippen LogP contribution in [0.15, 0.2) is 23.7 Å². The number of aromatic nitrogens is 2. The van der Waals surface area contributed by atoms with Gasteiger partial charge in [-0.3, -0.25) is 0 Å². The van der Waals surface area contributed by atoms with Gasteiger partial charge in [0, 0.05) is 11.6 Å². The summed E-state index contributed by atoms with van der Waals surface area (Å²) in [7, 11) is 0. The van der Waals surface area contributed by atoms with E-state index in [1.54, 1.807) is 5.51 Å². The molecule has 1 unspecified atom stereocenters. The second-order valence-electron chi connectivity index (χ2n) is 3.77. The average Bonchev–Trinajstić information content (AvgIpc) is 2.88. The van der Waals surface area contributed by atoms with Gasteiger partial charge in [0.25, 0.3) is 0 Å². The molecule has 76 valence electrons. The monoisotopic (exact) mass is 217 g/mol. The summed E-state index contributed by atoms with van der Waals surface area (Å²) in [6.07, 6.45) is 2.09. The summed E-state index contributed by atoms with van der Waals surface area (Å²) in [5.41, 5.74) is 11.6. The van der Waals surface area contributed by atoms with Crippen LogP contribution >= 0.6 is 11.5 Å². The average molecular weight is 217 g/mol. The lowest BCUT2D eigenvalue weighted by molar-refractivity contribution is 0.713. The first-order chi connectivity index (χ1) is 7.36. The summed E-state index contributed by atoms with van der Waals surface area (Å²) in [5.74, 6) is 0.839. The fraction of sp³-hybridized carbons (Fsp3) is 0.273. The Bertz CT molecular complexity index is 479. The summed E-state index contributed by atoms with van der Waals surface area (Å²) < 4.78 is 4.28. The van der Waals surface area contributed by atoms with Crippen molar-refractivity contribution in [2.75, 3.05) is 0 Å². The molecule has 2 N–H and O–H groups in total. The first-order valence-electron chi connectivity index (χ1n) is 5.00. The van der Waals surface area contributed by atoms with Crippen LogP contribution in [0.3, 0.4) is 0 Å². The normalized spacial score (nSPS) is 19.1. The van der Waals surface area contributed by atoms with E-state index in [9.17, 15) is 0 Å². The van der Waals surface area contributed by atoms with Gasteiger partial charge in [-0.1, -0.05) is 18.2 Å². The summed E-state index contributed by atoms with van der Waals surface area (Å²) >= 11 is 1.39. The summed E-state index contributed by atoms with van der Waals surface area (Å²) in [6, 6.07) is 6.43. The second kappa shape index (κ2) is 3.40. The van der Waals surface area contributed by atoms with E-state index in [-0.39, 0.29) is 6.04 Å². The number of hydrogen-bond acceptors (Lipinski definition) is 4. The van der Waals surface area contributed by atoms with Crippen molar-refractivity contribution in [3.05, 3.63) is 34.8 Å². The van der Waals surface area contributed by atoms with Crippen LogP contribution in [0.2, 0.25) is 0 Å². The van der Waals surface area contributed by atoms with Crippen molar-refractivity contribution in [3.8, 4) is 11.4 Å². The standard InChI is InChI=1S/C11H11N3S/c12-10-5-4-7-8(10)2-1-3-9(7)11-13-6-15-14-11/h1-3,6,10H,4-5,12H2. The van der Waals surface area contributed by atoms with Crippen LogP contribution in [0, 0.1) is 0 Å². The Kier molecular flexibility index (Phi) is 2.04. The third-order valence-corrected chi connectivity index (χ3v) is 3.40. The maximum atomic E-state index is 6.03. The van der Waals surface area contributed by atoms with Gasteiger partial charge in [0.15, 0.2) is 5.82 Å². The molecule has 1 aliphatic carbocycles. The second-order valence-corrected chi connectivity index (χ2v) is 4.38. The molecule has 1 atom stereocenters. The molecule has 0 saturated heterocycles. The van der Waals surface area contributed by atoms with Crippen LogP contribution in [0.25, 0.3) is 11.4 Å². The quantitative estimate of drug-likeness (QED) is 0.796. The van der Waals surface area contributed by atoms with Gasteiger partial charge in [0.1, 0.15) is 5.51 Å². The van der Waals surface area contributed by atoms with E-state index in [1.807, 2.05) is 6.07 Å². The highest BCUT2D eigenvalue weighted by Gasteiger charge is 2.22. The molecular formula is C11H11N3S. The molecule has 0 fully saturated rings. The minimum atomic E-state index is 0.193. The van der Waals surface area contributed by atoms with Crippen molar-refractivity contribution >= 4 is 11.5 Å². The molecule has 1 aromatic heterocycles. The lowest BCUT2D eigenvalue weighted by Crippen LogP contribution is -2.04. The topological polar surface area (TPSA) is 51.8 Å². The zero-order valence-corrected chi connectivity index (χ0v) is 9.00. The number of rotatable bonds is 1. The summed E-state index contributed by atoms with van der Waals surface area (Å²) in [5, 5.41) is 0. The highest BCUT2D eigenvalue weighted by Crippen LogP contribution is 2.35. The Morgan fingerprint density at radius 2 is 2.33 bits per heavy atom. The van der Waals surface area contributed by atoms with Crippen LogP contribution < -0.4 is 5.73 Å². The highest BCUT2D eigenvalue weighted by atomic mass is 32.1. The predicted molar refractivity (Wildman–Crippen MR) is 60.6 cm³/mol. The molecule has 0 bridgehead atoms. The molecule has 2 aromatic rings. The molecule has 1 aliphatic rings. The van der Waals surface area contributed by atoms with Gasteiger partial charge in [-0.25, -0.2) is 4.98 Å². The molecule has 0 radical (unpaired) electrons. The number of hydrogen-bond donors (Lipinski definition) is 1. The molecular weight excluding hydrogens is 206 g/mol. The maximum absolute atomic E-state index is 6.03. The van der Waals surface area contributed by atoms with Crippen LogP contribution in [0.4, 0.5) is 0 Å². The Labute approximate surface area is 92.1 Å². The predicted octanol–water partition coefficient (Wildman–Crippen LogP) is 2.15. The molecule has 1 heterocycles. The van der Waals surface area contributed by atoms with E-state index < -0.39 is 0 Å². The molecule has 4 heteroatoms. The molecule has 1 aromatic carbocycles. The van der Waals surface area contributed by atoms with Gasteiger partial charge in [0.2, 0.25) is 0 Å². The Morgan fingerprint density at radius 1 is 1.40 bits per heavy atom. The molecule has 0 saturated carbocycles. The van der Waals surface area contributed by atoms with Crippen LogP contribution in [-0.2, 0) is 6.42 Å². The van der Waals surface area contributed by atoms with Crippen molar-refractivity contribution in [1.82, 2.24) is 9.36 Å². The van der Waals surface area contributed by atoms with Crippen LogP contribution in [0.1, 0.15) is 23.6 Å². The van der Waals surface area contributed by atoms with E-state index in [4.69, 9.17) is 5.73 Å². The van der Waals surface area contributed by atoms with E-state index in [0.29, 0.717) is 0 Å². The minimum Gasteiger partial charge on any atom is -0.324 e. The summed E-state index contributed by atoms with van der Waals surface area (Å²) in [4.78, 5) is 4.26. The first-order valence-corrected chi connectivity index (χ1v) is 5.84. The van der Waals surface area contributed by atoms with Crippen molar-refractivity contribution < 1.29 is 0 Å². The number of fused-ring (bicyclic) bond motifs is 1. The van der Waals surface area contributed by atoms with Crippen molar-refractivity contribution in [2.45, 2.75) is 18.9 Å². The largest absolute Gasteiger partial charge is 0.324 e. The van der Waals surface area contributed by atoms with Gasteiger partial charge >= 0.3 is 0 Å². The fourth-order valence-electron chi connectivity index (χ4n) is 2.19. The Balaban J connectivity index is 2.18. The molecule has 3 nitrogen and oxygen atoms in total. The van der Waals surface area contributed by atoms with Gasteiger partial charge in [-0.15, -0.1) is 0 Å². The van der Waals surface area contributed by atoms with Crippen LogP contribution in [-0.4, -0.2) is 9.36 Å². The zero-order valence-electron chi connectivity index (χ0n) is 8.18. The van der Waals surface area contributed by atoms with Crippen molar-refractivity contribution in [3.63, 3.8) is 0 Å². The van der Waals surface area contributed by atoms with Crippen LogP contribution in [0.5, 0.6) is 0 Å². The SMILES string of the molecule is NC1CCc2c(-c3ncsn3)cccc21. The molecule has 3 rings (SSSR count).